The van der Waals surface area contributed by atoms with Crippen molar-refractivity contribution in [1.82, 2.24) is 14.9 Å². The molecule has 1 N–H and O–H groups in total. The van der Waals surface area contributed by atoms with Crippen LogP contribution in [0.25, 0.3) is 0 Å². The molecular weight excluding hydrogens is 150 g/mol. The van der Waals surface area contributed by atoms with Crippen molar-refractivity contribution in [2.24, 2.45) is 7.05 Å². The number of imidazole rings is 1. The summed E-state index contributed by atoms with van der Waals surface area (Å²) in [5.41, 5.74) is 2.66. The van der Waals surface area contributed by atoms with E-state index in [1.54, 1.807) is 0 Å². The van der Waals surface area contributed by atoms with E-state index in [4.69, 9.17) is 0 Å². The lowest BCUT2D eigenvalue weighted by Crippen LogP contribution is -2.43. The SMILES string of the molecule is Cn1cnc2c1C(C)(C)NCC2. The van der Waals surface area contributed by atoms with Crippen LogP contribution in [0.15, 0.2) is 6.33 Å². The summed E-state index contributed by atoms with van der Waals surface area (Å²) < 4.78 is 2.11. The Kier molecular flexibility index (Phi) is 1.51. The molecule has 0 fully saturated rings. The summed E-state index contributed by atoms with van der Waals surface area (Å²) in [5.74, 6) is 0. The molecule has 1 aromatic rings. The number of fused-ring (bicyclic) bond motifs is 1. The zero-order valence-electron chi connectivity index (χ0n) is 7.89. The van der Waals surface area contributed by atoms with Gasteiger partial charge in [0.2, 0.25) is 0 Å². The molecule has 0 unspecified atom stereocenters. The van der Waals surface area contributed by atoms with E-state index in [9.17, 15) is 0 Å². The molecule has 0 amide bonds. The molecule has 1 aromatic heterocycles. The summed E-state index contributed by atoms with van der Waals surface area (Å²) in [6.45, 7) is 5.44. The van der Waals surface area contributed by atoms with Gasteiger partial charge < -0.3 is 9.88 Å². The molecule has 0 aromatic carbocycles. The van der Waals surface area contributed by atoms with E-state index >= 15 is 0 Å². The van der Waals surface area contributed by atoms with Gasteiger partial charge in [-0.1, -0.05) is 0 Å². The smallest absolute Gasteiger partial charge is 0.0949 e. The third-order valence-corrected chi connectivity index (χ3v) is 2.53. The molecule has 2 heterocycles. The Balaban J connectivity index is 2.56. The molecule has 0 atom stereocenters. The second kappa shape index (κ2) is 2.33. The van der Waals surface area contributed by atoms with Crippen LogP contribution >= 0.6 is 0 Å². The Bertz CT molecular complexity index is 299. The molecule has 0 aliphatic carbocycles. The van der Waals surface area contributed by atoms with Crippen LogP contribution in [-0.4, -0.2) is 16.1 Å². The van der Waals surface area contributed by atoms with Gasteiger partial charge in [0, 0.05) is 20.0 Å². The molecule has 0 spiro atoms. The third-order valence-electron chi connectivity index (χ3n) is 2.53. The van der Waals surface area contributed by atoms with Gasteiger partial charge in [0.25, 0.3) is 0 Å². The molecule has 12 heavy (non-hydrogen) atoms. The molecule has 66 valence electrons. The predicted molar refractivity (Wildman–Crippen MR) is 47.9 cm³/mol. The minimum Gasteiger partial charge on any atom is -0.336 e. The van der Waals surface area contributed by atoms with Crippen molar-refractivity contribution in [1.29, 1.82) is 0 Å². The highest BCUT2D eigenvalue weighted by atomic mass is 15.1. The number of aryl methyl sites for hydroxylation is 1. The summed E-state index contributed by atoms with van der Waals surface area (Å²) in [5, 5.41) is 3.48. The Morgan fingerprint density at radius 2 is 2.33 bits per heavy atom. The monoisotopic (exact) mass is 165 g/mol. The van der Waals surface area contributed by atoms with Crippen molar-refractivity contribution in [2.75, 3.05) is 6.54 Å². The minimum absolute atomic E-state index is 0.0822. The number of hydrogen-bond acceptors (Lipinski definition) is 2. The largest absolute Gasteiger partial charge is 0.336 e. The van der Waals surface area contributed by atoms with Crippen LogP contribution in [0.1, 0.15) is 25.2 Å². The zero-order chi connectivity index (χ0) is 8.77. The van der Waals surface area contributed by atoms with Gasteiger partial charge in [-0.25, -0.2) is 4.98 Å². The standard InChI is InChI=1S/C9H15N3/c1-9(2)8-7(4-5-11-9)10-6-12(8)3/h6,11H,4-5H2,1-3H3. The van der Waals surface area contributed by atoms with Crippen LogP contribution in [0, 0.1) is 0 Å². The predicted octanol–water partition coefficient (Wildman–Crippen LogP) is 0.801. The molecule has 2 rings (SSSR count). The lowest BCUT2D eigenvalue weighted by Gasteiger charge is -2.31. The number of nitrogens with one attached hydrogen (secondary N) is 1. The van der Waals surface area contributed by atoms with Crippen molar-refractivity contribution < 1.29 is 0 Å². The Hall–Kier alpha value is -0.830. The van der Waals surface area contributed by atoms with Crippen molar-refractivity contribution in [2.45, 2.75) is 25.8 Å². The van der Waals surface area contributed by atoms with Crippen LogP contribution < -0.4 is 5.32 Å². The summed E-state index contributed by atoms with van der Waals surface area (Å²) >= 11 is 0. The topological polar surface area (TPSA) is 29.9 Å². The van der Waals surface area contributed by atoms with Crippen LogP contribution in [0.5, 0.6) is 0 Å². The number of nitrogens with zero attached hydrogens (tertiary/aromatic N) is 2. The van der Waals surface area contributed by atoms with Gasteiger partial charge in [-0.2, -0.15) is 0 Å². The lowest BCUT2D eigenvalue weighted by atomic mass is 9.93. The highest BCUT2D eigenvalue weighted by Gasteiger charge is 2.30. The molecule has 3 nitrogen and oxygen atoms in total. The van der Waals surface area contributed by atoms with Gasteiger partial charge in [-0.05, 0) is 13.8 Å². The highest BCUT2D eigenvalue weighted by molar-refractivity contribution is 5.24. The molecule has 1 aliphatic rings. The van der Waals surface area contributed by atoms with E-state index in [0.717, 1.165) is 13.0 Å². The van der Waals surface area contributed by atoms with E-state index in [0.29, 0.717) is 0 Å². The van der Waals surface area contributed by atoms with E-state index in [1.807, 2.05) is 6.33 Å². The maximum atomic E-state index is 4.37. The average molecular weight is 165 g/mol. The van der Waals surface area contributed by atoms with E-state index in [2.05, 4.69) is 35.8 Å². The quantitative estimate of drug-likeness (QED) is 0.616. The first kappa shape index (κ1) is 7.80. The van der Waals surface area contributed by atoms with Gasteiger partial charge in [-0.3, -0.25) is 0 Å². The van der Waals surface area contributed by atoms with E-state index in [1.165, 1.54) is 11.4 Å². The lowest BCUT2D eigenvalue weighted by molar-refractivity contribution is 0.360. The van der Waals surface area contributed by atoms with Crippen LogP contribution in [0.4, 0.5) is 0 Å². The second-order valence-corrected chi connectivity index (χ2v) is 3.95. The first-order chi connectivity index (χ1) is 5.61. The van der Waals surface area contributed by atoms with E-state index in [-0.39, 0.29) is 5.54 Å². The van der Waals surface area contributed by atoms with Crippen LogP contribution in [0.3, 0.4) is 0 Å². The van der Waals surface area contributed by atoms with Crippen molar-refractivity contribution in [3.63, 3.8) is 0 Å². The summed E-state index contributed by atoms with van der Waals surface area (Å²) in [6, 6.07) is 0. The summed E-state index contributed by atoms with van der Waals surface area (Å²) in [6.07, 6.45) is 2.96. The normalized spacial score (nSPS) is 20.6. The van der Waals surface area contributed by atoms with Gasteiger partial charge >= 0.3 is 0 Å². The molecule has 0 radical (unpaired) electrons. The van der Waals surface area contributed by atoms with Crippen LogP contribution in [-0.2, 0) is 19.0 Å². The molecule has 3 heteroatoms. The fourth-order valence-corrected chi connectivity index (χ4v) is 2.04. The van der Waals surface area contributed by atoms with E-state index < -0.39 is 0 Å². The zero-order valence-corrected chi connectivity index (χ0v) is 7.89. The first-order valence-corrected chi connectivity index (χ1v) is 4.37. The number of rotatable bonds is 0. The van der Waals surface area contributed by atoms with Gasteiger partial charge in [0.1, 0.15) is 0 Å². The Labute approximate surface area is 72.8 Å². The molecule has 0 bridgehead atoms. The maximum absolute atomic E-state index is 4.37. The summed E-state index contributed by atoms with van der Waals surface area (Å²) in [7, 11) is 2.06. The number of hydrogen-bond donors (Lipinski definition) is 1. The fraction of sp³-hybridized carbons (Fsp3) is 0.667. The third kappa shape index (κ3) is 0.966. The summed E-state index contributed by atoms with van der Waals surface area (Å²) in [4.78, 5) is 4.37. The molecular formula is C9H15N3. The maximum Gasteiger partial charge on any atom is 0.0949 e. The van der Waals surface area contributed by atoms with Gasteiger partial charge in [-0.15, -0.1) is 0 Å². The highest BCUT2D eigenvalue weighted by Crippen LogP contribution is 2.26. The molecule has 0 saturated heterocycles. The minimum atomic E-state index is 0.0822. The number of aromatic nitrogens is 2. The molecule has 1 aliphatic heterocycles. The second-order valence-electron chi connectivity index (χ2n) is 3.95. The average Bonchev–Trinajstić information content (AvgIpc) is 2.32. The first-order valence-electron chi connectivity index (χ1n) is 4.37. The van der Waals surface area contributed by atoms with Crippen LogP contribution in [0.2, 0.25) is 0 Å². The fourth-order valence-electron chi connectivity index (χ4n) is 2.04. The van der Waals surface area contributed by atoms with Crippen molar-refractivity contribution >= 4 is 0 Å². The Morgan fingerprint density at radius 1 is 1.58 bits per heavy atom. The van der Waals surface area contributed by atoms with Crippen molar-refractivity contribution in [3.8, 4) is 0 Å². The molecule has 0 saturated carbocycles. The Morgan fingerprint density at radius 3 is 3.00 bits per heavy atom. The van der Waals surface area contributed by atoms with Gasteiger partial charge in [0.15, 0.2) is 0 Å². The van der Waals surface area contributed by atoms with Crippen molar-refractivity contribution in [3.05, 3.63) is 17.7 Å². The van der Waals surface area contributed by atoms with Gasteiger partial charge in [0.05, 0.1) is 23.3 Å².